The summed E-state index contributed by atoms with van der Waals surface area (Å²) in [5, 5.41) is 4.66. The topological polar surface area (TPSA) is 78.0 Å². The van der Waals surface area contributed by atoms with Gasteiger partial charge in [0.1, 0.15) is 5.76 Å². The molecule has 0 aliphatic rings. The normalized spacial score (nSPS) is 12.0. The third-order valence-corrected chi connectivity index (χ3v) is 6.46. The molecule has 132 valence electrons. The maximum atomic E-state index is 13.1. The molecule has 0 aliphatic heterocycles. The zero-order valence-electron chi connectivity index (χ0n) is 14.0. The first-order valence-electron chi connectivity index (χ1n) is 7.81. The van der Waals surface area contributed by atoms with Gasteiger partial charge in [-0.15, -0.1) is 0 Å². The van der Waals surface area contributed by atoms with E-state index in [1.807, 2.05) is 19.1 Å². The average molecular weight is 432 g/mol. The van der Waals surface area contributed by atoms with E-state index in [2.05, 4.69) is 26.1 Å². The van der Waals surface area contributed by atoms with Gasteiger partial charge in [0.15, 0.2) is 5.65 Å². The summed E-state index contributed by atoms with van der Waals surface area (Å²) in [5.74, 6) is 0.637. The summed E-state index contributed by atoms with van der Waals surface area (Å²) >= 11 is 3.43. The second kappa shape index (κ2) is 6.07. The molecule has 0 saturated carbocycles. The van der Waals surface area contributed by atoms with E-state index >= 15 is 0 Å². The van der Waals surface area contributed by atoms with E-state index in [1.54, 1.807) is 37.3 Å². The molecule has 6 nitrogen and oxygen atoms in total. The number of fused-ring (bicyclic) bond motifs is 1. The van der Waals surface area contributed by atoms with Crippen molar-refractivity contribution in [2.45, 2.75) is 18.7 Å². The van der Waals surface area contributed by atoms with E-state index in [9.17, 15) is 8.42 Å². The predicted molar refractivity (Wildman–Crippen MR) is 101 cm³/mol. The highest BCUT2D eigenvalue weighted by Crippen LogP contribution is 2.32. The monoisotopic (exact) mass is 431 g/mol. The number of pyridine rings is 1. The van der Waals surface area contributed by atoms with Crippen molar-refractivity contribution < 1.29 is 12.9 Å². The van der Waals surface area contributed by atoms with Crippen molar-refractivity contribution in [1.82, 2.24) is 14.1 Å². The van der Waals surface area contributed by atoms with Crippen LogP contribution in [0.3, 0.4) is 0 Å². The lowest BCUT2D eigenvalue weighted by Crippen LogP contribution is -2.12. The number of hydrogen-bond acceptors (Lipinski definition) is 5. The molecule has 3 heterocycles. The third-order valence-electron chi connectivity index (χ3n) is 4.16. The Kier molecular flexibility index (Phi) is 3.96. The summed E-state index contributed by atoms with van der Waals surface area (Å²) in [7, 11) is -3.77. The molecule has 26 heavy (non-hydrogen) atoms. The van der Waals surface area contributed by atoms with E-state index in [1.165, 1.54) is 10.2 Å². The lowest BCUT2D eigenvalue weighted by atomic mass is 10.1. The van der Waals surface area contributed by atoms with Crippen LogP contribution in [0.2, 0.25) is 0 Å². The summed E-state index contributed by atoms with van der Waals surface area (Å²) in [4.78, 5) is 4.81. The molecule has 0 N–H and O–H groups in total. The largest absolute Gasteiger partial charge is 0.361 e. The molecule has 0 atom stereocenters. The van der Waals surface area contributed by atoms with Crippen molar-refractivity contribution in [3.8, 4) is 11.3 Å². The van der Waals surface area contributed by atoms with Crippen LogP contribution in [0, 0.1) is 13.8 Å². The zero-order valence-corrected chi connectivity index (χ0v) is 16.4. The first-order chi connectivity index (χ1) is 12.4. The van der Waals surface area contributed by atoms with Crippen molar-refractivity contribution in [1.29, 1.82) is 0 Å². The molecule has 0 saturated heterocycles. The molecule has 3 aromatic heterocycles. The number of benzene rings is 1. The summed E-state index contributed by atoms with van der Waals surface area (Å²) in [6.07, 6.45) is 1.52. The minimum absolute atomic E-state index is 0.203. The van der Waals surface area contributed by atoms with Crippen LogP contribution in [0.5, 0.6) is 0 Å². The third kappa shape index (κ3) is 2.57. The summed E-state index contributed by atoms with van der Waals surface area (Å²) in [5.41, 5.74) is 2.44. The molecule has 0 amide bonds. The van der Waals surface area contributed by atoms with Crippen LogP contribution in [0.25, 0.3) is 22.3 Å². The van der Waals surface area contributed by atoms with Crippen LogP contribution >= 0.6 is 15.9 Å². The molecule has 1 aromatic carbocycles. The molecule has 0 radical (unpaired) electrons. The molecule has 8 heteroatoms. The van der Waals surface area contributed by atoms with E-state index in [-0.39, 0.29) is 4.90 Å². The molecular weight excluding hydrogens is 418 g/mol. The maximum absolute atomic E-state index is 13.1. The zero-order chi connectivity index (χ0) is 18.5. The number of aryl methyl sites for hydroxylation is 2. The highest BCUT2D eigenvalue weighted by Gasteiger charge is 2.23. The Bertz CT molecular complexity index is 1210. The number of halogens is 1. The summed E-state index contributed by atoms with van der Waals surface area (Å²) in [6.45, 7) is 3.63. The lowest BCUT2D eigenvalue weighted by Gasteiger charge is -2.07. The Morgan fingerprint density at radius 1 is 1.08 bits per heavy atom. The van der Waals surface area contributed by atoms with Gasteiger partial charge in [0.25, 0.3) is 10.0 Å². The highest BCUT2D eigenvalue weighted by atomic mass is 79.9. The van der Waals surface area contributed by atoms with Gasteiger partial charge in [-0.2, -0.15) is 0 Å². The fourth-order valence-corrected chi connectivity index (χ4v) is 4.90. The fourth-order valence-electron chi connectivity index (χ4n) is 2.91. The smallest absolute Gasteiger partial charge is 0.269 e. The second-order valence-electron chi connectivity index (χ2n) is 5.86. The van der Waals surface area contributed by atoms with Crippen molar-refractivity contribution in [2.75, 3.05) is 0 Å². The Labute approximate surface area is 158 Å². The van der Waals surface area contributed by atoms with Gasteiger partial charge in [-0.3, -0.25) is 0 Å². The van der Waals surface area contributed by atoms with Crippen molar-refractivity contribution >= 4 is 37.0 Å². The SMILES string of the molecule is Cc1noc(C)c1-c1ccc2c(Br)cn(S(=O)(=O)c3ccccc3)c2n1. The number of rotatable bonds is 3. The van der Waals surface area contributed by atoms with E-state index in [0.717, 1.165) is 5.56 Å². The summed E-state index contributed by atoms with van der Waals surface area (Å²) < 4.78 is 33.2. The van der Waals surface area contributed by atoms with Gasteiger partial charge in [-0.05, 0) is 54.0 Å². The predicted octanol–water partition coefficient (Wildman–Crippen LogP) is 4.31. The van der Waals surface area contributed by atoms with Crippen LogP contribution in [-0.2, 0) is 10.0 Å². The maximum Gasteiger partial charge on any atom is 0.269 e. The first-order valence-corrected chi connectivity index (χ1v) is 10.0. The molecular formula is C18H14BrN3O3S. The van der Waals surface area contributed by atoms with Crippen LogP contribution in [0.4, 0.5) is 0 Å². The van der Waals surface area contributed by atoms with Crippen LogP contribution < -0.4 is 0 Å². The molecule has 0 aliphatic carbocycles. The van der Waals surface area contributed by atoms with Gasteiger partial charge in [0, 0.05) is 16.1 Å². The molecule has 0 fully saturated rings. The minimum atomic E-state index is -3.77. The van der Waals surface area contributed by atoms with Gasteiger partial charge in [-0.25, -0.2) is 17.4 Å². The van der Waals surface area contributed by atoms with Gasteiger partial charge in [-0.1, -0.05) is 23.4 Å². The van der Waals surface area contributed by atoms with E-state index < -0.39 is 10.0 Å². The summed E-state index contributed by atoms with van der Waals surface area (Å²) in [6, 6.07) is 12.0. The van der Waals surface area contributed by atoms with E-state index in [0.29, 0.717) is 32.7 Å². The fraction of sp³-hybridized carbons (Fsp3) is 0.111. The molecule has 4 rings (SSSR count). The van der Waals surface area contributed by atoms with Crippen molar-refractivity contribution in [3.63, 3.8) is 0 Å². The van der Waals surface area contributed by atoms with Gasteiger partial charge >= 0.3 is 0 Å². The van der Waals surface area contributed by atoms with Crippen LogP contribution in [-0.4, -0.2) is 22.5 Å². The Morgan fingerprint density at radius 2 is 1.81 bits per heavy atom. The van der Waals surface area contributed by atoms with Gasteiger partial charge < -0.3 is 4.52 Å². The highest BCUT2D eigenvalue weighted by molar-refractivity contribution is 9.10. The molecule has 0 unspecified atom stereocenters. The Balaban J connectivity index is 1.99. The standard InChI is InChI=1S/C18H14BrN3O3S/c1-11-17(12(2)25-21-11)16-9-8-14-15(19)10-22(18(14)20-16)26(23,24)13-6-4-3-5-7-13/h3-10H,1-2H3. The van der Waals surface area contributed by atoms with Crippen molar-refractivity contribution in [2.24, 2.45) is 0 Å². The number of nitrogens with zero attached hydrogens (tertiary/aromatic N) is 3. The van der Waals surface area contributed by atoms with E-state index in [4.69, 9.17) is 4.52 Å². The molecule has 0 spiro atoms. The number of aromatic nitrogens is 3. The Morgan fingerprint density at radius 3 is 2.46 bits per heavy atom. The van der Waals surface area contributed by atoms with Gasteiger partial charge in [0.05, 0.1) is 21.8 Å². The van der Waals surface area contributed by atoms with Crippen LogP contribution in [0.1, 0.15) is 11.5 Å². The average Bonchev–Trinajstić information content (AvgIpc) is 3.15. The molecule has 0 bridgehead atoms. The lowest BCUT2D eigenvalue weighted by molar-refractivity contribution is 0.393. The minimum Gasteiger partial charge on any atom is -0.361 e. The Hall–Kier alpha value is -2.45. The second-order valence-corrected chi connectivity index (χ2v) is 8.53. The first kappa shape index (κ1) is 17.0. The number of hydrogen-bond donors (Lipinski definition) is 0. The quantitative estimate of drug-likeness (QED) is 0.482. The van der Waals surface area contributed by atoms with Crippen molar-refractivity contribution in [3.05, 3.63) is 64.6 Å². The van der Waals surface area contributed by atoms with Crippen LogP contribution in [0.15, 0.2) is 62.6 Å². The van der Waals surface area contributed by atoms with Gasteiger partial charge in [0.2, 0.25) is 0 Å². The molecule has 4 aromatic rings.